The molecular weight excluding hydrogens is 330 g/mol. The maximum Gasteiger partial charge on any atom is 0.234 e. The minimum Gasteiger partial charge on any atom is -0.383 e. The number of aromatic nitrogens is 2. The number of hydrogen-bond donors (Lipinski definition) is 0. The van der Waals surface area contributed by atoms with E-state index in [2.05, 4.69) is 9.97 Å². The number of nitrogens with zero attached hydrogens (tertiary/aromatic N) is 3. The maximum atomic E-state index is 12.7. The Bertz CT molecular complexity index is 779. The van der Waals surface area contributed by atoms with Gasteiger partial charge in [0.1, 0.15) is 0 Å². The second-order valence-electron chi connectivity index (χ2n) is 5.04. The zero-order valence-corrected chi connectivity index (χ0v) is 14.6. The molecule has 0 fully saturated rings. The molecule has 1 aromatic carbocycles. The van der Waals surface area contributed by atoms with E-state index in [9.17, 15) is 4.79 Å². The number of rotatable bonds is 6. The van der Waals surface area contributed by atoms with Crippen molar-refractivity contribution in [3.8, 4) is 0 Å². The molecular formula is C16H17N3O2S2. The average Bonchev–Trinajstić information content (AvgIpc) is 3.13. The molecule has 2 aromatic heterocycles. The maximum absolute atomic E-state index is 12.7. The van der Waals surface area contributed by atoms with Gasteiger partial charge < -0.3 is 4.74 Å². The summed E-state index contributed by atoms with van der Waals surface area (Å²) in [6.07, 6.45) is 0.282. The highest BCUT2D eigenvalue weighted by molar-refractivity contribution is 7.22. The van der Waals surface area contributed by atoms with Gasteiger partial charge in [-0.2, -0.15) is 0 Å². The highest BCUT2D eigenvalue weighted by atomic mass is 32.1. The number of aryl methyl sites for hydroxylation is 1. The molecule has 1 amide bonds. The second kappa shape index (κ2) is 7.16. The number of ether oxygens (including phenoxy) is 1. The molecule has 0 N–H and O–H groups in total. The summed E-state index contributed by atoms with van der Waals surface area (Å²) < 4.78 is 6.21. The minimum atomic E-state index is -0.00796. The first-order chi connectivity index (χ1) is 11.2. The number of thiazole rings is 2. The Morgan fingerprint density at radius 3 is 2.83 bits per heavy atom. The lowest BCUT2D eigenvalue weighted by molar-refractivity contribution is -0.118. The fourth-order valence-electron chi connectivity index (χ4n) is 2.22. The van der Waals surface area contributed by atoms with Gasteiger partial charge in [-0.25, -0.2) is 9.97 Å². The number of carbonyl (C=O) groups excluding carboxylic acids is 1. The topological polar surface area (TPSA) is 55.3 Å². The van der Waals surface area contributed by atoms with Crippen molar-refractivity contribution in [3.63, 3.8) is 0 Å². The lowest BCUT2D eigenvalue weighted by Crippen LogP contribution is -2.35. The van der Waals surface area contributed by atoms with Gasteiger partial charge in [0.2, 0.25) is 5.91 Å². The van der Waals surface area contributed by atoms with E-state index < -0.39 is 0 Å². The number of hydrogen-bond acceptors (Lipinski definition) is 6. The Labute approximate surface area is 142 Å². The minimum absolute atomic E-state index is 0.00796. The summed E-state index contributed by atoms with van der Waals surface area (Å²) in [5, 5.41) is 3.61. The van der Waals surface area contributed by atoms with Crippen LogP contribution in [-0.4, -0.2) is 36.1 Å². The van der Waals surface area contributed by atoms with Crippen molar-refractivity contribution in [2.45, 2.75) is 13.3 Å². The van der Waals surface area contributed by atoms with E-state index in [1.165, 1.54) is 11.3 Å². The van der Waals surface area contributed by atoms with Gasteiger partial charge in [0.25, 0.3) is 0 Å². The molecule has 0 atom stereocenters. The van der Waals surface area contributed by atoms with Gasteiger partial charge in [0.15, 0.2) is 5.13 Å². The summed E-state index contributed by atoms with van der Waals surface area (Å²) in [6, 6.07) is 7.90. The number of anilines is 1. The third-order valence-corrected chi connectivity index (χ3v) is 5.21. The SMILES string of the molecule is COCCN(C(=O)Cc1csc(C)n1)c1nc2ccccc2s1. The van der Waals surface area contributed by atoms with E-state index in [-0.39, 0.29) is 12.3 Å². The fourth-order valence-corrected chi connectivity index (χ4v) is 3.85. The van der Waals surface area contributed by atoms with Crippen LogP contribution in [-0.2, 0) is 16.0 Å². The van der Waals surface area contributed by atoms with Gasteiger partial charge in [-0.05, 0) is 19.1 Å². The Hall–Kier alpha value is -1.83. The van der Waals surface area contributed by atoms with Crippen LogP contribution in [0.3, 0.4) is 0 Å². The van der Waals surface area contributed by atoms with Crippen LogP contribution in [0.2, 0.25) is 0 Å². The lowest BCUT2D eigenvalue weighted by atomic mass is 10.3. The highest BCUT2D eigenvalue weighted by Gasteiger charge is 2.20. The van der Waals surface area contributed by atoms with Crippen molar-refractivity contribution in [1.82, 2.24) is 9.97 Å². The Morgan fingerprint density at radius 1 is 1.30 bits per heavy atom. The molecule has 0 radical (unpaired) electrons. The molecule has 3 aromatic rings. The van der Waals surface area contributed by atoms with Gasteiger partial charge in [-0.15, -0.1) is 11.3 Å². The van der Waals surface area contributed by atoms with Crippen molar-refractivity contribution in [2.75, 3.05) is 25.2 Å². The molecule has 0 saturated heterocycles. The number of benzene rings is 1. The Morgan fingerprint density at radius 2 is 2.13 bits per heavy atom. The molecule has 0 unspecified atom stereocenters. The van der Waals surface area contributed by atoms with Crippen LogP contribution in [0, 0.1) is 6.92 Å². The molecule has 0 bridgehead atoms. The molecule has 2 heterocycles. The molecule has 0 aliphatic rings. The molecule has 120 valence electrons. The molecule has 7 heteroatoms. The zero-order chi connectivity index (χ0) is 16.2. The van der Waals surface area contributed by atoms with Gasteiger partial charge >= 0.3 is 0 Å². The molecule has 23 heavy (non-hydrogen) atoms. The first-order valence-electron chi connectivity index (χ1n) is 7.23. The van der Waals surface area contributed by atoms with Crippen molar-refractivity contribution in [3.05, 3.63) is 40.3 Å². The fraction of sp³-hybridized carbons (Fsp3) is 0.312. The number of para-hydroxylation sites is 1. The van der Waals surface area contributed by atoms with Crippen LogP contribution in [0.5, 0.6) is 0 Å². The van der Waals surface area contributed by atoms with Gasteiger partial charge in [-0.3, -0.25) is 9.69 Å². The molecule has 0 saturated carbocycles. The molecule has 0 spiro atoms. The highest BCUT2D eigenvalue weighted by Crippen LogP contribution is 2.29. The van der Waals surface area contributed by atoms with Crippen LogP contribution < -0.4 is 4.90 Å². The van der Waals surface area contributed by atoms with Crippen molar-refractivity contribution in [2.24, 2.45) is 0 Å². The van der Waals surface area contributed by atoms with Crippen molar-refractivity contribution in [1.29, 1.82) is 0 Å². The number of carbonyl (C=O) groups is 1. The Balaban J connectivity index is 1.85. The van der Waals surface area contributed by atoms with Crippen LogP contribution in [0.15, 0.2) is 29.6 Å². The predicted molar refractivity (Wildman–Crippen MR) is 94.4 cm³/mol. The van der Waals surface area contributed by atoms with Gasteiger partial charge in [-0.1, -0.05) is 23.5 Å². The summed E-state index contributed by atoms with van der Waals surface area (Å²) in [4.78, 5) is 23.4. The zero-order valence-electron chi connectivity index (χ0n) is 13.0. The van der Waals surface area contributed by atoms with E-state index in [0.29, 0.717) is 18.3 Å². The monoisotopic (exact) mass is 347 g/mol. The average molecular weight is 347 g/mol. The number of methoxy groups -OCH3 is 1. The Kier molecular flexibility index (Phi) is 5.00. The van der Waals surface area contributed by atoms with Crippen molar-refractivity contribution >= 4 is 43.9 Å². The van der Waals surface area contributed by atoms with Crippen molar-refractivity contribution < 1.29 is 9.53 Å². The quantitative estimate of drug-likeness (QED) is 0.687. The van der Waals surface area contributed by atoms with E-state index in [1.807, 2.05) is 36.6 Å². The normalized spacial score (nSPS) is 11.0. The third kappa shape index (κ3) is 3.74. The second-order valence-corrected chi connectivity index (χ2v) is 7.11. The standard InChI is InChI=1S/C16H17N3O2S2/c1-11-17-12(10-22-11)9-15(20)19(7-8-21-2)16-18-13-5-3-4-6-14(13)23-16/h3-6,10H,7-9H2,1-2H3. The molecule has 0 aliphatic carbocycles. The molecule has 3 rings (SSSR count). The largest absolute Gasteiger partial charge is 0.383 e. The van der Waals surface area contributed by atoms with Crippen LogP contribution >= 0.6 is 22.7 Å². The van der Waals surface area contributed by atoms with Gasteiger partial charge in [0, 0.05) is 12.5 Å². The van der Waals surface area contributed by atoms with Crippen LogP contribution in [0.4, 0.5) is 5.13 Å². The summed E-state index contributed by atoms with van der Waals surface area (Å²) in [7, 11) is 1.63. The van der Waals surface area contributed by atoms with E-state index >= 15 is 0 Å². The lowest BCUT2D eigenvalue weighted by Gasteiger charge is -2.18. The summed E-state index contributed by atoms with van der Waals surface area (Å²) in [5.41, 5.74) is 1.72. The summed E-state index contributed by atoms with van der Waals surface area (Å²) >= 11 is 3.08. The van der Waals surface area contributed by atoms with E-state index in [4.69, 9.17) is 4.74 Å². The first-order valence-corrected chi connectivity index (χ1v) is 8.93. The number of fused-ring (bicyclic) bond motifs is 1. The summed E-state index contributed by atoms with van der Waals surface area (Å²) in [6.45, 7) is 2.89. The first kappa shape index (κ1) is 16.0. The van der Waals surface area contributed by atoms with Gasteiger partial charge in [0.05, 0.1) is 40.5 Å². The molecule has 0 aliphatic heterocycles. The van der Waals surface area contributed by atoms with Crippen LogP contribution in [0.25, 0.3) is 10.2 Å². The molecule has 5 nitrogen and oxygen atoms in total. The van der Waals surface area contributed by atoms with Crippen LogP contribution in [0.1, 0.15) is 10.7 Å². The smallest absolute Gasteiger partial charge is 0.234 e. The number of amides is 1. The van der Waals surface area contributed by atoms with E-state index in [0.717, 1.165) is 20.9 Å². The third-order valence-electron chi connectivity index (χ3n) is 3.33. The predicted octanol–water partition coefficient (Wildman–Crippen LogP) is 3.28. The summed E-state index contributed by atoms with van der Waals surface area (Å²) in [5.74, 6) is -0.00796. The van der Waals surface area contributed by atoms with E-state index in [1.54, 1.807) is 23.3 Å².